The summed E-state index contributed by atoms with van der Waals surface area (Å²) in [6.45, 7) is 4.04. The van der Waals surface area contributed by atoms with Crippen molar-refractivity contribution < 1.29 is 9.53 Å². The van der Waals surface area contributed by atoms with Crippen LogP contribution in [-0.2, 0) is 12.8 Å². The molecule has 0 spiro atoms. The third-order valence-corrected chi connectivity index (χ3v) is 3.37. The minimum Gasteiger partial charge on any atom is -0.496 e. The van der Waals surface area contributed by atoms with E-state index in [4.69, 9.17) is 4.74 Å². The van der Waals surface area contributed by atoms with Gasteiger partial charge in [-0.05, 0) is 31.0 Å². The van der Waals surface area contributed by atoms with E-state index < -0.39 is 0 Å². The van der Waals surface area contributed by atoms with Crippen LogP contribution in [0.25, 0.3) is 0 Å². The van der Waals surface area contributed by atoms with Crippen LogP contribution in [0.2, 0.25) is 0 Å². The van der Waals surface area contributed by atoms with Gasteiger partial charge in [-0.1, -0.05) is 24.6 Å². The number of aromatic nitrogens is 1. The molecule has 0 aliphatic heterocycles. The van der Waals surface area contributed by atoms with Crippen molar-refractivity contribution in [3.63, 3.8) is 0 Å². The van der Waals surface area contributed by atoms with Crippen LogP contribution < -0.4 is 4.74 Å². The number of benzene rings is 1. The summed E-state index contributed by atoms with van der Waals surface area (Å²) >= 11 is 0. The molecule has 0 atom stereocenters. The molecule has 1 aromatic heterocycles. The van der Waals surface area contributed by atoms with Crippen LogP contribution in [-0.4, -0.2) is 17.9 Å². The van der Waals surface area contributed by atoms with Gasteiger partial charge in [-0.2, -0.15) is 0 Å². The lowest BCUT2D eigenvalue weighted by molar-refractivity contribution is 0.0991. The Labute approximate surface area is 119 Å². The molecule has 0 aliphatic carbocycles. The largest absolute Gasteiger partial charge is 0.496 e. The Morgan fingerprint density at radius 2 is 2.05 bits per heavy atom. The number of carbonyl (C=O) groups excluding carboxylic acids is 1. The lowest BCUT2D eigenvalue weighted by Gasteiger charge is -2.10. The maximum atomic E-state index is 12.5. The Bertz CT molecular complexity index is 620. The van der Waals surface area contributed by atoms with Gasteiger partial charge in [-0.25, -0.2) is 0 Å². The summed E-state index contributed by atoms with van der Waals surface area (Å²) in [5.41, 5.74) is 3.80. The molecule has 1 heterocycles. The normalized spacial score (nSPS) is 10.3. The number of rotatable bonds is 5. The van der Waals surface area contributed by atoms with Gasteiger partial charge in [0.05, 0.1) is 7.11 Å². The minimum atomic E-state index is 0.105. The number of hydrogen-bond acceptors (Lipinski definition) is 3. The van der Waals surface area contributed by atoms with Crippen LogP contribution >= 0.6 is 0 Å². The van der Waals surface area contributed by atoms with Crippen LogP contribution in [0.4, 0.5) is 0 Å². The molecule has 3 heteroatoms. The van der Waals surface area contributed by atoms with Gasteiger partial charge >= 0.3 is 0 Å². The minimum absolute atomic E-state index is 0.105. The van der Waals surface area contributed by atoms with E-state index in [-0.39, 0.29) is 5.78 Å². The van der Waals surface area contributed by atoms with E-state index in [9.17, 15) is 4.79 Å². The summed E-state index contributed by atoms with van der Waals surface area (Å²) in [5.74, 6) is 0.865. The second-order valence-electron chi connectivity index (χ2n) is 4.80. The molecule has 0 unspecified atom stereocenters. The molecular weight excluding hydrogens is 250 g/mol. The van der Waals surface area contributed by atoms with Crippen LogP contribution in [0, 0.1) is 6.92 Å². The Kier molecular flexibility index (Phi) is 4.51. The van der Waals surface area contributed by atoms with Gasteiger partial charge in [0, 0.05) is 29.9 Å². The summed E-state index contributed by atoms with van der Waals surface area (Å²) in [7, 11) is 1.63. The van der Waals surface area contributed by atoms with Crippen molar-refractivity contribution in [2.45, 2.75) is 26.7 Å². The molecule has 104 valence electrons. The summed E-state index contributed by atoms with van der Waals surface area (Å²) < 4.78 is 5.33. The van der Waals surface area contributed by atoms with Gasteiger partial charge in [0.15, 0.2) is 5.78 Å². The fourth-order valence-corrected chi connectivity index (χ4v) is 2.29. The summed E-state index contributed by atoms with van der Waals surface area (Å²) in [6, 6.07) is 7.69. The quantitative estimate of drug-likeness (QED) is 0.781. The zero-order valence-electron chi connectivity index (χ0n) is 12.1. The van der Waals surface area contributed by atoms with Crippen LogP contribution in [0.1, 0.15) is 34.0 Å². The first-order valence-corrected chi connectivity index (χ1v) is 6.75. The number of aryl methyl sites for hydroxylation is 2. The molecule has 0 N–H and O–H groups in total. The number of nitrogens with zero attached hydrogens (tertiary/aromatic N) is 1. The van der Waals surface area contributed by atoms with Crippen LogP contribution in [0.5, 0.6) is 5.75 Å². The van der Waals surface area contributed by atoms with E-state index in [0.717, 1.165) is 34.4 Å². The van der Waals surface area contributed by atoms with E-state index in [2.05, 4.69) is 4.98 Å². The smallest absolute Gasteiger partial charge is 0.167 e. The van der Waals surface area contributed by atoms with Gasteiger partial charge in [0.25, 0.3) is 0 Å². The Morgan fingerprint density at radius 1 is 1.25 bits per heavy atom. The van der Waals surface area contributed by atoms with Crippen molar-refractivity contribution in [1.82, 2.24) is 4.98 Å². The second kappa shape index (κ2) is 6.33. The molecule has 2 aromatic rings. The van der Waals surface area contributed by atoms with Gasteiger partial charge in [-0.3, -0.25) is 9.78 Å². The number of ketones is 1. The van der Waals surface area contributed by atoms with Crippen molar-refractivity contribution in [2.24, 2.45) is 0 Å². The van der Waals surface area contributed by atoms with Crippen molar-refractivity contribution in [3.8, 4) is 5.75 Å². The van der Waals surface area contributed by atoms with Gasteiger partial charge < -0.3 is 4.74 Å². The molecule has 0 saturated carbocycles. The monoisotopic (exact) mass is 269 g/mol. The number of ether oxygens (including phenoxy) is 1. The van der Waals surface area contributed by atoms with Gasteiger partial charge in [0.2, 0.25) is 0 Å². The highest BCUT2D eigenvalue weighted by atomic mass is 16.5. The number of carbonyl (C=O) groups is 1. The first-order chi connectivity index (χ1) is 9.65. The molecule has 0 amide bonds. The fraction of sp³-hybridized carbons (Fsp3) is 0.294. The Hall–Kier alpha value is -2.16. The van der Waals surface area contributed by atoms with Crippen molar-refractivity contribution in [2.75, 3.05) is 7.11 Å². The average molecular weight is 269 g/mol. The van der Waals surface area contributed by atoms with E-state index in [1.165, 1.54) is 0 Å². The number of hydrogen-bond donors (Lipinski definition) is 0. The first kappa shape index (κ1) is 14.3. The zero-order valence-corrected chi connectivity index (χ0v) is 12.1. The summed E-state index contributed by atoms with van der Waals surface area (Å²) in [5, 5.41) is 0. The summed E-state index contributed by atoms with van der Waals surface area (Å²) in [6.07, 6.45) is 4.59. The highest BCUT2D eigenvalue weighted by Gasteiger charge is 2.14. The molecule has 0 aliphatic rings. The first-order valence-electron chi connectivity index (χ1n) is 6.75. The highest BCUT2D eigenvalue weighted by molar-refractivity contribution is 5.99. The maximum Gasteiger partial charge on any atom is 0.167 e. The molecule has 0 saturated heterocycles. The molecule has 2 rings (SSSR count). The highest BCUT2D eigenvalue weighted by Crippen LogP contribution is 2.22. The predicted molar refractivity (Wildman–Crippen MR) is 79.4 cm³/mol. The van der Waals surface area contributed by atoms with Crippen molar-refractivity contribution in [1.29, 1.82) is 0 Å². The van der Waals surface area contributed by atoms with Crippen molar-refractivity contribution >= 4 is 5.78 Å². The second-order valence-corrected chi connectivity index (χ2v) is 4.80. The zero-order chi connectivity index (χ0) is 14.5. The number of Topliss-reactive ketones (excluding diaryl/α,β-unsaturated/α-hetero) is 1. The molecule has 20 heavy (non-hydrogen) atoms. The standard InChI is InChI=1S/C17H19NO2/c1-4-13-11-18-8-7-15(13)16(19)10-14-9-12(2)5-6-17(14)20-3/h5-9,11H,4,10H2,1-3H3. The number of pyridine rings is 1. The third kappa shape index (κ3) is 3.05. The molecule has 1 aromatic carbocycles. The van der Waals surface area contributed by atoms with Gasteiger partial charge in [-0.15, -0.1) is 0 Å². The molecule has 0 bridgehead atoms. The van der Waals surface area contributed by atoms with E-state index in [0.29, 0.717) is 6.42 Å². The fourth-order valence-electron chi connectivity index (χ4n) is 2.29. The van der Waals surface area contributed by atoms with Crippen molar-refractivity contribution in [3.05, 3.63) is 58.9 Å². The lowest BCUT2D eigenvalue weighted by atomic mass is 9.97. The van der Waals surface area contributed by atoms with Gasteiger partial charge in [0.1, 0.15) is 5.75 Å². The molecule has 0 fully saturated rings. The number of methoxy groups -OCH3 is 1. The average Bonchev–Trinajstić information content (AvgIpc) is 2.47. The predicted octanol–water partition coefficient (Wildman–Crippen LogP) is 3.39. The topological polar surface area (TPSA) is 39.2 Å². The lowest BCUT2D eigenvalue weighted by Crippen LogP contribution is -2.08. The van der Waals surface area contributed by atoms with E-state index >= 15 is 0 Å². The Balaban J connectivity index is 2.30. The van der Waals surface area contributed by atoms with Crippen LogP contribution in [0.3, 0.4) is 0 Å². The Morgan fingerprint density at radius 3 is 2.75 bits per heavy atom. The molecular formula is C17H19NO2. The molecule has 3 nitrogen and oxygen atoms in total. The SMILES string of the molecule is CCc1cnccc1C(=O)Cc1cc(C)ccc1OC. The van der Waals surface area contributed by atoms with E-state index in [1.54, 1.807) is 25.6 Å². The van der Waals surface area contributed by atoms with E-state index in [1.807, 2.05) is 32.0 Å². The third-order valence-electron chi connectivity index (χ3n) is 3.37. The maximum absolute atomic E-state index is 12.5. The summed E-state index contributed by atoms with van der Waals surface area (Å²) in [4.78, 5) is 16.6. The molecule has 0 radical (unpaired) electrons. The van der Waals surface area contributed by atoms with Crippen LogP contribution in [0.15, 0.2) is 36.7 Å².